The molecular weight excluding hydrogens is 604 g/mol. The van der Waals surface area contributed by atoms with Gasteiger partial charge in [0, 0.05) is 37.3 Å². The van der Waals surface area contributed by atoms with Gasteiger partial charge in [-0.05, 0) is 67.7 Å². The fraction of sp³-hybridized carbons (Fsp3) is 0.243. The van der Waals surface area contributed by atoms with Crippen LogP contribution in [0.25, 0.3) is 54.7 Å². The highest BCUT2D eigenvalue weighted by molar-refractivity contribution is 7.17. The number of pyridine rings is 1. The number of allylic oxidation sites excluding steroid dienone is 4. The van der Waals surface area contributed by atoms with Crippen molar-refractivity contribution in [1.82, 2.24) is 24.1 Å². The molecular formula is C37H30F3N5S. The maximum absolute atomic E-state index is 14.2. The Kier molecular flexibility index (Phi) is 5.68. The highest BCUT2D eigenvalue weighted by atomic mass is 32.1. The predicted octanol–water partition coefficient (Wildman–Crippen LogP) is 7.82. The van der Waals surface area contributed by atoms with Crippen molar-refractivity contribution in [3.05, 3.63) is 106 Å². The highest BCUT2D eigenvalue weighted by Gasteiger charge is 2.49. The number of hydrogen-bond acceptors (Lipinski definition) is 4. The van der Waals surface area contributed by atoms with Crippen molar-refractivity contribution < 1.29 is 13.2 Å². The number of alkyl halides is 3. The van der Waals surface area contributed by atoms with Gasteiger partial charge in [0.1, 0.15) is 5.54 Å². The third kappa shape index (κ3) is 3.46. The van der Waals surface area contributed by atoms with E-state index in [1.54, 1.807) is 4.68 Å². The number of aryl methyl sites for hydroxylation is 1. The molecule has 0 radical (unpaired) electrons. The molecule has 9 heteroatoms. The zero-order valence-corrected chi connectivity index (χ0v) is 26.4. The number of para-hydroxylation sites is 1. The molecule has 0 fully saturated rings. The number of fused-ring (bicyclic) bond motifs is 12. The van der Waals surface area contributed by atoms with Crippen molar-refractivity contribution >= 4 is 66.1 Å². The second-order valence-electron chi connectivity index (χ2n) is 12.4. The van der Waals surface area contributed by atoms with Crippen LogP contribution in [0.2, 0.25) is 0 Å². The van der Waals surface area contributed by atoms with Crippen LogP contribution in [0.5, 0.6) is 0 Å². The van der Waals surface area contributed by atoms with E-state index in [2.05, 4.69) is 93.1 Å². The Morgan fingerprint density at radius 1 is 0.935 bits per heavy atom. The minimum absolute atomic E-state index is 0.256. The van der Waals surface area contributed by atoms with Crippen LogP contribution in [0.15, 0.2) is 72.8 Å². The Balaban J connectivity index is 1.58. The lowest BCUT2D eigenvalue weighted by Crippen LogP contribution is -2.50. The molecule has 230 valence electrons. The van der Waals surface area contributed by atoms with E-state index in [1.165, 1.54) is 31.1 Å². The summed E-state index contributed by atoms with van der Waals surface area (Å²) in [4.78, 5) is 6.33. The first-order valence-electron chi connectivity index (χ1n) is 15.7. The van der Waals surface area contributed by atoms with Gasteiger partial charge in [0.2, 0.25) is 0 Å². The Hall–Kier alpha value is -4.63. The Morgan fingerprint density at radius 3 is 2.54 bits per heavy atom. The van der Waals surface area contributed by atoms with Crippen LogP contribution >= 0.6 is 11.3 Å². The molecule has 0 unspecified atom stereocenters. The minimum Gasteiger partial charge on any atom is -0.334 e. The van der Waals surface area contributed by atoms with Crippen molar-refractivity contribution in [1.29, 1.82) is 0 Å². The van der Waals surface area contributed by atoms with E-state index in [0.717, 1.165) is 39.3 Å². The average Bonchev–Trinajstić information content (AvgIpc) is 3.77. The minimum atomic E-state index is -4.66. The molecule has 2 aromatic carbocycles. The lowest BCUT2D eigenvalue weighted by Gasteiger charge is -2.46. The number of rotatable bonds is 2. The van der Waals surface area contributed by atoms with Crippen molar-refractivity contribution in [3.8, 4) is 0 Å². The third-order valence-electron chi connectivity index (χ3n) is 10.2. The molecule has 3 aliphatic rings. The molecule has 46 heavy (non-hydrogen) atoms. The van der Waals surface area contributed by atoms with E-state index >= 15 is 0 Å². The summed E-state index contributed by atoms with van der Waals surface area (Å²) in [6.07, 6.45) is 9.65. The number of halogens is 3. The summed E-state index contributed by atoms with van der Waals surface area (Å²) in [5.41, 5.74) is 5.38. The van der Waals surface area contributed by atoms with Crippen LogP contribution in [-0.2, 0) is 18.1 Å². The Morgan fingerprint density at radius 2 is 1.74 bits per heavy atom. The quantitative estimate of drug-likeness (QED) is 0.195. The average molecular weight is 634 g/mol. The van der Waals surface area contributed by atoms with E-state index in [1.807, 2.05) is 37.3 Å². The molecule has 4 aromatic heterocycles. The summed E-state index contributed by atoms with van der Waals surface area (Å²) in [5, 5.41) is 9.94. The van der Waals surface area contributed by atoms with Gasteiger partial charge in [-0.2, -0.15) is 13.2 Å². The third-order valence-corrected chi connectivity index (χ3v) is 11.3. The van der Waals surface area contributed by atoms with E-state index in [9.17, 15) is 13.2 Å². The Labute approximate surface area is 266 Å². The van der Waals surface area contributed by atoms with Crippen LogP contribution in [0.1, 0.15) is 49.5 Å². The van der Waals surface area contributed by atoms with Gasteiger partial charge in [-0.1, -0.05) is 62.4 Å². The van der Waals surface area contributed by atoms with Crippen molar-refractivity contribution in [3.63, 3.8) is 0 Å². The summed E-state index contributed by atoms with van der Waals surface area (Å²) in [6, 6.07) is 15.2. The first-order valence-corrected chi connectivity index (χ1v) is 16.6. The molecule has 9 rings (SSSR count). The van der Waals surface area contributed by atoms with Gasteiger partial charge in [0.05, 0.1) is 27.8 Å². The molecule has 0 saturated heterocycles. The van der Waals surface area contributed by atoms with Gasteiger partial charge >= 0.3 is 6.18 Å². The summed E-state index contributed by atoms with van der Waals surface area (Å²) < 4.78 is 49.1. The van der Waals surface area contributed by atoms with Crippen molar-refractivity contribution in [2.24, 2.45) is 0 Å². The van der Waals surface area contributed by atoms with Gasteiger partial charge in [0.25, 0.3) is 5.82 Å². The standard InChI is InChI=1S/C37H30F3N5S/c1-4-36(5-2)33(43-19-11-10-15-26(43)34-41-35(37(38,39)40)42-45(34)36)32-24-17-18-29-31(23-13-7-9-16-28(23)46-29)30(24)27-20-21(3)22-12-6-8-14-25(22)44(27)32/h6-12,14-18,20H,4-5,13,19H2,1-3H3/b33-32-. The molecule has 2 aliphatic heterocycles. The monoisotopic (exact) mass is 633 g/mol. The van der Waals surface area contributed by atoms with Crippen molar-refractivity contribution in [2.75, 3.05) is 6.54 Å². The van der Waals surface area contributed by atoms with E-state index in [4.69, 9.17) is 0 Å². The normalized spacial score (nSPS) is 18.3. The first-order chi connectivity index (χ1) is 22.3. The Bertz CT molecular complexity index is 2520. The van der Waals surface area contributed by atoms with Crippen LogP contribution < -0.4 is 9.88 Å². The summed E-state index contributed by atoms with van der Waals surface area (Å²) in [7, 11) is 0. The molecule has 0 saturated carbocycles. The molecule has 0 N–H and O–H groups in total. The van der Waals surface area contributed by atoms with E-state index < -0.39 is 17.5 Å². The van der Waals surface area contributed by atoms with Gasteiger partial charge in [-0.25, -0.2) is 9.67 Å². The second kappa shape index (κ2) is 9.45. The molecule has 0 spiro atoms. The lowest BCUT2D eigenvalue weighted by molar-refractivity contribution is -0.145. The summed E-state index contributed by atoms with van der Waals surface area (Å²) in [5.74, 6) is -0.848. The van der Waals surface area contributed by atoms with E-state index in [0.29, 0.717) is 25.1 Å². The van der Waals surface area contributed by atoms with Gasteiger partial charge < -0.3 is 9.30 Å². The molecule has 6 aromatic rings. The van der Waals surface area contributed by atoms with Crippen LogP contribution in [-0.4, -0.2) is 30.6 Å². The number of benzene rings is 2. The molecule has 0 amide bonds. The second-order valence-corrected chi connectivity index (χ2v) is 13.4. The van der Waals surface area contributed by atoms with Crippen LogP contribution in [0, 0.1) is 6.92 Å². The largest absolute Gasteiger partial charge is 0.453 e. The summed E-state index contributed by atoms with van der Waals surface area (Å²) in [6.45, 7) is 6.78. The van der Waals surface area contributed by atoms with E-state index in [-0.39, 0.29) is 5.82 Å². The maximum atomic E-state index is 14.2. The zero-order chi connectivity index (χ0) is 31.5. The molecule has 0 bridgehead atoms. The topological polar surface area (TPSA) is 38.4 Å². The number of aromatic nitrogens is 4. The molecule has 0 atom stereocenters. The van der Waals surface area contributed by atoms with Crippen LogP contribution in [0.3, 0.4) is 0 Å². The number of thiophene rings is 1. The predicted molar refractivity (Wildman–Crippen MR) is 180 cm³/mol. The molecule has 6 heterocycles. The van der Waals surface area contributed by atoms with Gasteiger partial charge in [-0.15, -0.1) is 16.4 Å². The molecule has 5 nitrogen and oxygen atoms in total. The maximum Gasteiger partial charge on any atom is 0.453 e. The van der Waals surface area contributed by atoms with Gasteiger partial charge in [0.15, 0.2) is 5.82 Å². The number of nitrogens with zero attached hydrogens (tertiary/aromatic N) is 5. The fourth-order valence-corrected chi connectivity index (χ4v) is 9.23. The SMILES string of the molecule is CCC1(CC)/C(=c2\c3ccc4sc5c(c4c3c3cc(C)c4ccccc4n23)CC=CC=5)N2CC=CC=C2c2nc(C(F)(F)F)nn21. The van der Waals surface area contributed by atoms with Crippen LogP contribution in [0.4, 0.5) is 13.2 Å². The lowest BCUT2D eigenvalue weighted by atomic mass is 9.84. The zero-order valence-electron chi connectivity index (χ0n) is 25.6. The fourth-order valence-electron chi connectivity index (χ4n) is 8.07. The first kappa shape index (κ1) is 27.7. The smallest absolute Gasteiger partial charge is 0.334 e. The van der Waals surface area contributed by atoms with Crippen molar-refractivity contribution in [2.45, 2.75) is 51.7 Å². The highest BCUT2D eigenvalue weighted by Crippen LogP contribution is 2.48. The number of hydrogen-bond donors (Lipinski definition) is 0. The molecule has 1 aliphatic carbocycles. The summed E-state index contributed by atoms with van der Waals surface area (Å²) >= 11 is 1.82. The van der Waals surface area contributed by atoms with Gasteiger partial charge in [-0.3, -0.25) is 0 Å².